The van der Waals surface area contributed by atoms with Crippen LogP contribution in [0.3, 0.4) is 0 Å². The van der Waals surface area contributed by atoms with Crippen LogP contribution in [-0.4, -0.2) is 23.3 Å². The summed E-state index contributed by atoms with van der Waals surface area (Å²) in [6.07, 6.45) is 3.64. The molecule has 0 atom stereocenters. The number of hydrogen-bond acceptors (Lipinski definition) is 3. The van der Waals surface area contributed by atoms with Gasteiger partial charge in [-0.05, 0) is 46.2 Å². The van der Waals surface area contributed by atoms with Crippen molar-refractivity contribution in [2.75, 3.05) is 0 Å². The molecule has 2 rings (SSSR count). The number of aryl methyl sites for hydroxylation is 1. The first-order valence-electron chi connectivity index (χ1n) is 6.37. The maximum absolute atomic E-state index is 6.05. The van der Waals surface area contributed by atoms with E-state index in [-0.39, 0.29) is 18.3 Å². The first kappa shape index (κ1) is 14.6. The minimum Gasteiger partial charge on any atom is -0.400 e. The summed E-state index contributed by atoms with van der Waals surface area (Å²) in [6, 6.07) is 1.98. The van der Waals surface area contributed by atoms with E-state index in [1.807, 2.05) is 52.7 Å². The van der Waals surface area contributed by atoms with Gasteiger partial charge in [0.1, 0.15) is 5.15 Å². The highest BCUT2D eigenvalue weighted by Crippen LogP contribution is 2.37. The molecular formula is C14H19BClNO2. The Morgan fingerprint density at radius 2 is 1.79 bits per heavy atom. The number of nitrogens with zero attached hydrogens (tertiary/aromatic N) is 1. The van der Waals surface area contributed by atoms with Crippen LogP contribution >= 0.6 is 11.6 Å². The molecule has 0 radical (unpaired) electrons. The topological polar surface area (TPSA) is 31.4 Å². The van der Waals surface area contributed by atoms with Gasteiger partial charge in [0.15, 0.2) is 0 Å². The van der Waals surface area contributed by atoms with E-state index < -0.39 is 0 Å². The van der Waals surface area contributed by atoms with Crippen molar-refractivity contribution in [1.82, 2.24) is 4.98 Å². The third-order valence-electron chi connectivity index (χ3n) is 3.71. The van der Waals surface area contributed by atoms with Crippen molar-refractivity contribution < 1.29 is 9.31 Å². The van der Waals surface area contributed by atoms with Gasteiger partial charge in [-0.15, -0.1) is 0 Å². The summed E-state index contributed by atoms with van der Waals surface area (Å²) in [5.41, 5.74) is 1.29. The van der Waals surface area contributed by atoms with E-state index in [0.29, 0.717) is 5.15 Å². The second-order valence-electron chi connectivity index (χ2n) is 5.88. The number of aromatic nitrogens is 1. The van der Waals surface area contributed by atoms with E-state index in [0.717, 1.165) is 11.1 Å². The zero-order valence-electron chi connectivity index (χ0n) is 12.0. The molecule has 1 saturated heterocycles. The molecule has 0 amide bonds. The van der Waals surface area contributed by atoms with E-state index in [4.69, 9.17) is 20.9 Å². The molecule has 0 spiro atoms. The van der Waals surface area contributed by atoms with Crippen molar-refractivity contribution >= 4 is 24.8 Å². The van der Waals surface area contributed by atoms with Crippen molar-refractivity contribution in [1.29, 1.82) is 0 Å². The fourth-order valence-electron chi connectivity index (χ4n) is 1.84. The highest BCUT2D eigenvalue weighted by atomic mass is 35.5. The zero-order chi connectivity index (χ0) is 14.3. The Labute approximate surface area is 120 Å². The van der Waals surface area contributed by atoms with Crippen molar-refractivity contribution in [3.8, 4) is 0 Å². The molecule has 19 heavy (non-hydrogen) atoms. The highest BCUT2D eigenvalue weighted by Gasteiger charge is 2.49. The third kappa shape index (κ3) is 3.02. The molecule has 1 aliphatic rings. The van der Waals surface area contributed by atoms with Gasteiger partial charge in [-0.1, -0.05) is 23.7 Å². The second kappa shape index (κ2) is 4.93. The van der Waals surface area contributed by atoms with Gasteiger partial charge in [-0.25, -0.2) is 4.98 Å². The molecular weight excluding hydrogens is 260 g/mol. The van der Waals surface area contributed by atoms with Crippen molar-refractivity contribution in [2.45, 2.75) is 45.8 Å². The minimum atomic E-state index is -0.360. The van der Waals surface area contributed by atoms with Crippen LogP contribution in [-0.2, 0) is 9.31 Å². The molecule has 0 aliphatic carbocycles. The molecule has 2 heterocycles. The van der Waals surface area contributed by atoms with E-state index >= 15 is 0 Å². The lowest BCUT2D eigenvalue weighted by molar-refractivity contribution is 0.00578. The quantitative estimate of drug-likeness (QED) is 0.611. The molecule has 0 bridgehead atoms. The van der Waals surface area contributed by atoms with E-state index in [1.165, 1.54) is 0 Å². The van der Waals surface area contributed by atoms with Gasteiger partial charge in [0, 0.05) is 11.8 Å². The predicted octanol–water partition coefficient (Wildman–Crippen LogP) is 3.69. The van der Waals surface area contributed by atoms with Crippen LogP contribution in [0.5, 0.6) is 0 Å². The third-order valence-corrected chi connectivity index (χ3v) is 4.02. The fourth-order valence-corrected chi connectivity index (χ4v) is 2.01. The molecule has 1 aromatic heterocycles. The van der Waals surface area contributed by atoms with Gasteiger partial charge < -0.3 is 9.31 Å². The monoisotopic (exact) mass is 279 g/mol. The Balaban J connectivity index is 2.15. The summed E-state index contributed by atoms with van der Waals surface area (Å²) in [6.45, 7) is 10.1. The number of halogens is 1. The Bertz CT molecular complexity index is 498. The van der Waals surface area contributed by atoms with Crippen LogP contribution in [0.4, 0.5) is 0 Å². The standard InChI is InChI=1S/C14H19BClNO2/c1-10-8-11(12(16)17-9-10)6-7-15-18-13(2,3)14(4,5)19-15/h6-9H,1-5H3/b7-6+. The van der Waals surface area contributed by atoms with Gasteiger partial charge in [-0.3, -0.25) is 0 Å². The molecule has 0 aromatic carbocycles. The van der Waals surface area contributed by atoms with Gasteiger partial charge in [0.2, 0.25) is 0 Å². The van der Waals surface area contributed by atoms with Gasteiger partial charge in [-0.2, -0.15) is 0 Å². The van der Waals surface area contributed by atoms with E-state index in [1.54, 1.807) is 6.20 Å². The summed E-state index contributed by atoms with van der Waals surface area (Å²) in [7, 11) is -0.360. The van der Waals surface area contributed by atoms with Crippen LogP contribution in [0.1, 0.15) is 38.8 Å². The average Bonchev–Trinajstić information content (AvgIpc) is 2.49. The van der Waals surface area contributed by atoms with Gasteiger partial charge in [0.25, 0.3) is 0 Å². The molecule has 102 valence electrons. The molecule has 5 heteroatoms. The molecule has 0 unspecified atom stereocenters. The summed E-state index contributed by atoms with van der Waals surface area (Å²) >= 11 is 6.05. The number of rotatable bonds is 2. The summed E-state index contributed by atoms with van der Waals surface area (Å²) in [5.74, 6) is 1.87. The van der Waals surface area contributed by atoms with Crippen LogP contribution in [0.2, 0.25) is 5.15 Å². The van der Waals surface area contributed by atoms with Crippen molar-refractivity contribution in [3.05, 3.63) is 34.5 Å². The Morgan fingerprint density at radius 3 is 2.37 bits per heavy atom. The second-order valence-corrected chi connectivity index (χ2v) is 6.23. The summed E-state index contributed by atoms with van der Waals surface area (Å²) in [5, 5.41) is 0.485. The molecule has 0 N–H and O–H groups in total. The lowest BCUT2D eigenvalue weighted by Gasteiger charge is -2.32. The van der Waals surface area contributed by atoms with Crippen LogP contribution in [0.25, 0.3) is 6.08 Å². The molecule has 1 aromatic rings. The SMILES string of the molecule is Cc1cnc(Cl)c(/C=C/B2OC(C)(C)C(C)(C)O2)c1. The van der Waals surface area contributed by atoms with Gasteiger partial charge >= 0.3 is 7.12 Å². The first-order chi connectivity index (χ1) is 8.71. The normalized spacial score (nSPS) is 21.3. The number of pyridine rings is 1. The molecule has 1 fully saturated rings. The summed E-state index contributed by atoms with van der Waals surface area (Å²) in [4.78, 5) is 4.11. The lowest BCUT2D eigenvalue weighted by atomic mass is 9.89. The van der Waals surface area contributed by atoms with Crippen LogP contribution < -0.4 is 0 Å². The van der Waals surface area contributed by atoms with Crippen LogP contribution in [0.15, 0.2) is 18.2 Å². The molecule has 0 saturated carbocycles. The Kier molecular flexibility index (Phi) is 3.78. The van der Waals surface area contributed by atoms with Gasteiger partial charge in [0.05, 0.1) is 11.2 Å². The van der Waals surface area contributed by atoms with Crippen LogP contribution in [0, 0.1) is 6.92 Å². The molecule has 3 nitrogen and oxygen atoms in total. The highest BCUT2D eigenvalue weighted by molar-refractivity contribution is 6.52. The Morgan fingerprint density at radius 1 is 1.21 bits per heavy atom. The first-order valence-corrected chi connectivity index (χ1v) is 6.75. The summed E-state index contributed by atoms with van der Waals surface area (Å²) < 4.78 is 11.8. The largest absolute Gasteiger partial charge is 0.487 e. The van der Waals surface area contributed by atoms with E-state index in [9.17, 15) is 0 Å². The zero-order valence-corrected chi connectivity index (χ0v) is 12.8. The average molecular weight is 280 g/mol. The maximum Gasteiger partial charge on any atom is 0.487 e. The Hall–Kier alpha value is -0.835. The number of hydrogen-bond donors (Lipinski definition) is 0. The molecule has 1 aliphatic heterocycles. The predicted molar refractivity (Wildman–Crippen MR) is 79.1 cm³/mol. The van der Waals surface area contributed by atoms with E-state index in [2.05, 4.69) is 4.98 Å². The van der Waals surface area contributed by atoms with Crippen molar-refractivity contribution in [3.63, 3.8) is 0 Å². The maximum atomic E-state index is 6.05. The smallest absolute Gasteiger partial charge is 0.400 e. The lowest BCUT2D eigenvalue weighted by Crippen LogP contribution is -2.41. The van der Waals surface area contributed by atoms with Crippen molar-refractivity contribution in [2.24, 2.45) is 0 Å². The fraction of sp³-hybridized carbons (Fsp3) is 0.500. The minimum absolute atomic E-state index is 0.323.